The van der Waals surface area contributed by atoms with Crippen LogP contribution in [-0.4, -0.2) is 19.6 Å². The van der Waals surface area contributed by atoms with Crippen LogP contribution < -0.4 is 5.32 Å². The number of piperidine rings is 1. The van der Waals surface area contributed by atoms with Crippen molar-refractivity contribution in [2.24, 2.45) is 0 Å². The molecule has 0 saturated carbocycles. The molecule has 6 heteroatoms. The van der Waals surface area contributed by atoms with E-state index >= 15 is 0 Å². The fourth-order valence-corrected chi connectivity index (χ4v) is 5.24. The van der Waals surface area contributed by atoms with E-state index in [0.717, 1.165) is 5.56 Å². The van der Waals surface area contributed by atoms with Crippen molar-refractivity contribution in [1.82, 2.24) is 5.32 Å². The Bertz CT molecular complexity index is 724. The molecule has 1 aromatic heterocycles. The van der Waals surface area contributed by atoms with Crippen molar-refractivity contribution >= 4 is 27.1 Å². The lowest BCUT2D eigenvalue weighted by Crippen LogP contribution is -2.45. The third-order valence-electron chi connectivity index (χ3n) is 3.72. The Balaban J connectivity index is 2.01. The molecular formula is C15H15NO3S2. The Hall–Kier alpha value is -1.66. The van der Waals surface area contributed by atoms with Gasteiger partial charge in [-0.3, -0.25) is 4.79 Å². The first-order valence-corrected chi connectivity index (χ1v) is 9.18. The van der Waals surface area contributed by atoms with Gasteiger partial charge < -0.3 is 5.32 Å². The number of rotatable bonds is 3. The van der Waals surface area contributed by atoms with Gasteiger partial charge in [-0.15, -0.1) is 0 Å². The van der Waals surface area contributed by atoms with Crippen LogP contribution in [0.25, 0.3) is 0 Å². The molecule has 0 spiro atoms. The van der Waals surface area contributed by atoms with E-state index in [1.54, 1.807) is 30.3 Å². The summed E-state index contributed by atoms with van der Waals surface area (Å²) in [5.41, 5.74) is 0.859. The number of benzene rings is 1. The quantitative estimate of drug-likeness (QED) is 0.945. The van der Waals surface area contributed by atoms with E-state index in [2.05, 4.69) is 5.32 Å². The molecule has 2 aromatic rings. The highest BCUT2D eigenvalue weighted by atomic mass is 32.2. The summed E-state index contributed by atoms with van der Waals surface area (Å²) in [4.78, 5) is 12.0. The van der Waals surface area contributed by atoms with E-state index < -0.39 is 21.1 Å². The minimum absolute atomic E-state index is 0.0919. The molecule has 0 unspecified atom stereocenters. The lowest BCUT2D eigenvalue weighted by molar-refractivity contribution is -0.123. The van der Waals surface area contributed by atoms with E-state index in [4.69, 9.17) is 0 Å². The minimum atomic E-state index is -3.47. The second-order valence-corrected chi connectivity index (χ2v) is 7.98. The van der Waals surface area contributed by atoms with Crippen molar-refractivity contribution in [2.75, 3.05) is 0 Å². The molecule has 2 atom stereocenters. The van der Waals surface area contributed by atoms with Gasteiger partial charge in [-0.05, 0) is 40.9 Å². The highest BCUT2D eigenvalue weighted by Gasteiger charge is 2.39. The average molecular weight is 321 g/mol. The maximum absolute atomic E-state index is 12.9. The predicted molar refractivity (Wildman–Crippen MR) is 81.9 cm³/mol. The summed E-state index contributed by atoms with van der Waals surface area (Å²) in [6, 6.07) is 9.84. The van der Waals surface area contributed by atoms with Crippen molar-refractivity contribution < 1.29 is 13.2 Å². The largest absolute Gasteiger partial charge is 0.348 e. The standard InChI is InChI=1S/C15H15NO3S2/c17-14-7-6-13(15(16-14)11-8-9-20-10-11)21(18,19)12-4-2-1-3-5-12/h1-5,8-10,13,15H,6-7H2,(H,16,17)/t13-,15+/m1/s1. The number of carbonyl (C=O) groups excluding carboxylic acids is 1. The molecule has 1 aliphatic heterocycles. The van der Waals surface area contributed by atoms with Crippen LogP contribution in [0.15, 0.2) is 52.1 Å². The van der Waals surface area contributed by atoms with Crippen LogP contribution in [0.2, 0.25) is 0 Å². The van der Waals surface area contributed by atoms with Gasteiger partial charge in [0.1, 0.15) is 0 Å². The number of carbonyl (C=O) groups is 1. The first-order valence-electron chi connectivity index (χ1n) is 6.69. The van der Waals surface area contributed by atoms with Crippen molar-refractivity contribution in [3.8, 4) is 0 Å². The number of nitrogens with one attached hydrogen (secondary N) is 1. The van der Waals surface area contributed by atoms with E-state index in [-0.39, 0.29) is 12.3 Å². The summed E-state index contributed by atoms with van der Waals surface area (Å²) >= 11 is 1.50. The van der Waals surface area contributed by atoms with Gasteiger partial charge in [-0.2, -0.15) is 11.3 Å². The summed E-state index contributed by atoms with van der Waals surface area (Å²) in [6.45, 7) is 0. The zero-order valence-electron chi connectivity index (χ0n) is 11.2. The normalized spacial score (nSPS) is 22.8. The first kappa shape index (κ1) is 14.3. The Morgan fingerprint density at radius 2 is 1.90 bits per heavy atom. The summed E-state index contributed by atoms with van der Waals surface area (Å²) in [7, 11) is -3.47. The zero-order chi connectivity index (χ0) is 14.9. The van der Waals surface area contributed by atoms with Crippen LogP contribution in [0.4, 0.5) is 0 Å². The second-order valence-electron chi connectivity index (χ2n) is 5.04. The number of hydrogen-bond acceptors (Lipinski definition) is 4. The molecule has 21 heavy (non-hydrogen) atoms. The third kappa shape index (κ3) is 2.73. The molecule has 0 radical (unpaired) electrons. The highest BCUT2D eigenvalue weighted by Crippen LogP contribution is 2.33. The highest BCUT2D eigenvalue weighted by molar-refractivity contribution is 7.92. The summed E-state index contributed by atoms with van der Waals surface area (Å²) < 4.78 is 25.7. The summed E-state index contributed by atoms with van der Waals surface area (Å²) in [5.74, 6) is -0.0919. The molecule has 110 valence electrons. The van der Waals surface area contributed by atoms with Gasteiger partial charge >= 0.3 is 0 Å². The molecule has 1 amide bonds. The van der Waals surface area contributed by atoms with Gasteiger partial charge in [-0.1, -0.05) is 18.2 Å². The van der Waals surface area contributed by atoms with Crippen LogP contribution in [0, 0.1) is 0 Å². The Labute approximate surface area is 127 Å². The number of thiophene rings is 1. The summed E-state index contributed by atoms with van der Waals surface area (Å²) in [6.07, 6.45) is 0.598. The molecule has 0 bridgehead atoms. The monoisotopic (exact) mass is 321 g/mol. The number of amides is 1. The fraction of sp³-hybridized carbons (Fsp3) is 0.267. The van der Waals surface area contributed by atoms with E-state index in [9.17, 15) is 13.2 Å². The van der Waals surface area contributed by atoms with Crippen molar-refractivity contribution in [1.29, 1.82) is 0 Å². The summed E-state index contributed by atoms with van der Waals surface area (Å²) in [5, 5.41) is 6.00. The van der Waals surface area contributed by atoms with Crippen LogP contribution >= 0.6 is 11.3 Å². The van der Waals surface area contributed by atoms with E-state index in [1.807, 2.05) is 16.8 Å². The third-order valence-corrected chi connectivity index (χ3v) is 6.65. The van der Waals surface area contributed by atoms with Gasteiger partial charge in [0, 0.05) is 6.42 Å². The fourth-order valence-electron chi connectivity index (χ4n) is 2.65. The molecule has 1 aromatic carbocycles. The van der Waals surface area contributed by atoms with E-state index in [1.165, 1.54) is 11.3 Å². The van der Waals surface area contributed by atoms with Gasteiger partial charge in [0.05, 0.1) is 16.2 Å². The van der Waals surface area contributed by atoms with Crippen LogP contribution in [-0.2, 0) is 14.6 Å². The molecule has 4 nitrogen and oxygen atoms in total. The number of sulfone groups is 1. The van der Waals surface area contributed by atoms with Gasteiger partial charge in [0.25, 0.3) is 0 Å². The van der Waals surface area contributed by atoms with Crippen molar-refractivity contribution in [3.05, 3.63) is 52.7 Å². The van der Waals surface area contributed by atoms with E-state index in [0.29, 0.717) is 11.3 Å². The second kappa shape index (κ2) is 5.61. The molecule has 1 saturated heterocycles. The van der Waals surface area contributed by atoms with Crippen molar-refractivity contribution in [3.63, 3.8) is 0 Å². The van der Waals surface area contributed by atoms with Crippen LogP contribution in [0.5, 0.6) is 0 Å². The minimum Gasteiger partial charge on any atom is -0.348 e. The Morgan fingerprint density at radius 1 is 1.14 bits per heavy atom. The van der Waals surface area contributed by atoms with Gasteiger partial charge in [0.2, 0.25) is 5.91 Å². The zero-order valence-corrected chi connectivity index (χ0v) is 12.9. The molecule has 1 aliphatic rings. The van der Waals surface area contributed by atoms with Crippen LogP contribution in [0.1, 0.15) is 24.4 Å². The molecule has 3 rings (SSSR count). The first-order chi connectivity index (χ1) is 10.1. The maximum Gasteiger partial charge on any atom is 0.220 e. The molecule has 1 fully saturated rings. The topological polar surface area (TPSA) is 63.2 Å². The molecule has 1 N–H and O–H groups in total. The average Bonchev–Trinajstić information content (AvgIpc) is 3.02. The lowest BCUT2D eigenvalue weighted by atomic mass is 9.99. The van der Waals surface area contributed by atoms with Crippen molar-refractivity contribution in [2.45, 2.75) is 29.0 Å². The van der Waals surface area contributed by atoms with Gasteiger partial charge in [0.15, 0.2) is 9.84 Å². The van der Waals surface area contributed by atoms with Crippen LogP contribution in [0.3, 0.4) is 0 Å². The smallest absolute Gasteiger partial charge is 0.220 e. The molecular weight excluding hydrogens is 306 g/mol. The Morgan fingerprint density at radius 3 is 2.57 bits per heavy atom. The maximum atomic E-state index is 12.9. The molecule has 0 aliphatic carbocycles. The lowest BCUT2D eigenvalue weighted by Gasteiger charge is -2.31. The molecule has 2 heterocycles. The predicted octanol–water partition coefficient (Wildman–Crippen LogP) is 2.54. The number of hydrogen-bond donors (Lipinski definition) is 1. The van der Waals surface area contributed by atoms with Gasteiger partial charge in [-0.25, -0.2) is 8.42 Å². The Kier molecular flexibility index (Phi) is 3.82. The SMILES string of the molecule is O=C1CC[C@@H](S(=O)(=O)c2ccccc2)[C@H](c2ccsc2)N1.